The molecule has 0 aliphatic carbocycles. The van der Waals surface area contributed by atoms with Crippen LogP contribution >= 0.6 is 23.2 Å². The minimum Gasteiger partial charge on any atom is -0.351 e. The molecular formula is C17H19Cl2N3O2. The van der Waals surface area contributed by atoms with Crippen molar-refractivity contribution in [2.75, 3.05) is 27.2 Å². The Morgan fingerprint density at radius 3 is 2.46 bits per heavy atom. The van der Waals surface area contributed by atoms with Gasteiger partial charge in [0.2, 0.25) is 0 Å². The number of nitrogens with one attached hydrogen (secondary N) is 1. The molecule has 2 aromatic rings. The lowest BCUT2D eigenvalue weighted by Crippen LogP contribution is -2.32. The van der Waals surface area contributed by atoms with Gasteiger partial charge in [-0.2, -0.15) is 0 Å². The molecule has 128 valence electrons. The Kier molecular flexibility index (Phi) is 6.43. The van der Waals surface area contributed by atoms with E-state index < -0.39 is 0 Å². The highest BCUT2D eigenvalue weighted by atomic mass is 35.5. The van der Waals surface area contributed by atoms with Crippen molar-refractivity contribution >= 4 is 29.1 Å². The van der Waals surface area contributed by atoms with Crippen LogP contribution in [-0.2, 0) is 6.54 Å². The SMILES string of the molecule is CN(C)CCNC(=O)c1ccc(=O)n(Cc2c(Cl)cccc2Cl)c1. The number of likely N-dealkylation sites (N-methyl/N-ethyl adjacent to an activating group) is 1. The lowest BCUT2D eigenvalue weighted by molar-refractivity contribution is 0.0950. The molecule has 1 aromatic heterocycles. The standard InChI is InChI=1S/C17H19Cl2N3O2/c1-21(2)9-8-20-17(24)12-6-7-16(23)22(10-12)11-13-14(18)4-3-5-15(13)19/h3-7,10H,8-9,11H2,1-2H3,(H,20,24). The largest absolute Gasteiger partial charge is 0.351 e. The summed E-state index contributed by atoms with van der Waals surface area (Å²) in [6, 6.07) is 8.05. The molecule has 0 aliphatic rings. The highest BCUT2D eigenvalue weighted by molar-refractivity contribution is 6.35. The molecule has 0 saturated heterocycles. The molecule has 1 aromatic carbocycles. The molecule has 0 atom stereocenters. The molecule has 1 N–H and O–H groups in total. The van der Waals surface area contributed by atoms with Gasteiger partial charge in [0, 0.05) is 41.0 Å². The van der Waals surface area contributed by atoms with Crippen LogP contribution in [0.1, 0.15) is 15.9 Å². The van der Waals surface area contributed by atoms with Crippen LogP contribution in [0.25, 0.3) is 0 Å². The molecule has 24 heavy (non-hydrogen) atoms. The van der Waals surface area contributed by atoms with Gasteiger partial charge in [-0.25, -0.2) is 0 Å². The average Bonchev–Trinajstić information content (AvgIpc) is 2.52. The summed E-state index contributed by atoms with van der Waals surface area (Å²) in [5.74, 6) is -0.226. The molecule has 0 bridgehead atoms. The molecule has 0 fully saturated rings. The summed E-state index contributed by atoms with van der Waals surface area (Å²) < 4.78 is 1.42. The van der Waals surface area contributed by atoms with Crippen LogP contribution < -0.4 is 10.9 Å². The van der Waals surface area contributed by atoms with Gasteiger partial charge in [0.1, 0.15) is 0 Å². The van der Waals surface area contributed by atoms with Crippen molar-refractivity contribution in [3.05, 3.63) is 68.1 Å². The van der Waals surface area contributed by atoms with E-state index in [1.807, 2.05) is 19.0 Å². The van der Waals surface area contributed by atoms with Crippen LogP contribution in [0.4, 0.5) is 0 Å². The number of benzene rings is 1. The van der Waals surface area contributed by atoms with E-state index in [0.717, 1.165) is 6.54 Å². The number of hydrogen-bond donors (Lipinski definition) is 1. The highest BCUT2D eigenvalue weighted by Gasteiger charge is 2.11. The number of hydrogen-bond acceptors (Lipinski definition) is 3. The predicted molar refractivity (Wildman–Crippen MR) is 97.2 cm³/mol. The second-order valence-electron chi connectivity index (χ2n) is 5.64. The van der Waals surface area contributed by atoms with Gasteiger partial charge in [-0.05, 0) is 32.3 Å². The van der Waals surface area contributed by atoms with Crippen LogP contribution in [0, 0.1) is 0 Å². The van der Waals surface area contributed by atoms with Crippen molar-refractivity contribution in [3.8, 4) is 0 Å². The normalized spacial score (nSPS) is 10.9. The van der Waals surface area contributed by atoms with Crippen LogP contribution in [0.3, 0.4) is 0 Å². The summed E-state index contributed by atoms with van der Waals surface area (Å²) in [5.41, 5.74) is 0.834. The summed E-state index contributed by atoms with van der Waals surface area (Å²) >= 11 is 12.3. The maximum atomic E-state index is 12.2. The number of aromatic nitrogens is 1. The first-order chi connectivity index (χ1) is 11.4. The lowest BCUT2D eigenvalue weighted by atomic mass is 10.2. The van der Waals surface area contributed by atoms with E-state index >= 15 is 0 Å². The fourth-order valence-electron chi connectivity index (χ4n) is 2.14. The zero-order chi connectivity index (χ0) is 17.7. The van der Waals surface area contributed by atoms with Gasteiger partial charge < -0.3 is 14.8 Å². The first-order valence-corrected chi connectivity index (χ1v) is 8.20. The van der Waals surface area contributed by atoms with Crippen LogP contribution in [0.15, 0.2) is 41.3 Å². The molecule has 0 radical (unpaired) electrons. The number of pyridine rings is 1. The lowest BCUT2D eigenvalue weighted by Gasteiger charge is -2.12. The van der Waals surface area contributed by atoms with Crippen LogP contribution in [0.5, 0.6) is 0 Å². The number of nitrogens with zero attached hydrogens (tertiary/aromatic N) is 2. The first kappa shape index (κ1) is 18.5. The molecule has 0 unspecified atom stereocenters. The number of carbonyl (C=O) groups is 1. The molecule has 1 heterocycles. The van der Waals surface area contributed by atoms with E-state index in [4.69, 9.17) is 23.2 Å². The maximum absolute atomic E-state index is 12.2. The molecule has 0 spiro atoms. The Morgan fingerprint density at radius 2 is 1.83 bits per heavy atom. The van der Waals surface area contributed by atoms with Crippen molar-refractivity contribution in [2.24, 2.45) is 0 Å². The Balaban J connectivity index is 2.20. The van der Waals surface area contributed by atoms with E-state index in [2.05, 4.69) is 5.32 Å². The zero-order valence-electron chi connectivity index (χ0n) is 13.6. The van der Waals surface area contributed by atoms with Crippen molar-refractivity contribution in [1.29, 1.82) is 0 Å². The zero-order valence-corrected chi connectivity index (χ0v) is 15.1. The minimum atomic E-state index is -0.226. The van der Waals surface area contributed by atoms with Gasteiger partial charge in [0.25, 0.3) is 11.5 Å². The van der Waals surface area contributed by atoms with Gasteiger partial charge in [0.15, 0.2) is 0 Å². The van der Waals surface area contributed by atoms with Crippen molar-refractivity contribution < 1.29 is 4.79 Å². The summed E-state index contributed by atoms with van der Waals surface area (Å²) in [5, 5.41) is 3.78. The number of amides is 1. The van der Waals surface area contributed by atoms with Gasteiger partial charge in [-0.1, -0.05) is 29.3 Å². The first-order valence-electron chi connectivity index (χ1n) is 7.45. The second-order valence-corrected chi connectivity index (χ2v) is 6.46. The summed E-state index contributed by atoms with van der Waals surface area (Å²) in [7, 11) is 3.86. The van der Waals surface area contributed by atoms with Crippen molar-refractivity contribution in [1.82, 2.24) is 14.8 Å². The minimum absolute atomic E-state index is 0.205. The number of carbonyl (C=O) groups excluding carboxylic acids is 1. The molecule has 5 nitrogen and oxygen atoms in total. The van der Waals surface area contributed by atoms with Gasteiger partial charge in [-0.15, -0.1) is 0 Å². The van der Waals surface area contributed by atoms with E-state index in [9.17, 15) is 9.59 Å². The number of rotatable bonds is 6. The molecule has 1 amide bonds. The second kappa shape index (κ2) is 8.33. The average molecular weight is 368 g/mol. The quantitative estimate of drug-likeness (QED) is 0.853. The fraction of sp³-hybridized carbons (Fsp3) is 0.294. The van der Waals surface area contributed by atoms with Crippen molar-refractivity contribution in [2.45, 2.75) is 6.54 Å². The van der Waals surface area contributed by atoms with Crippen LogP contribution in [0.2, 0.25) is 10.0 Å². The van der Waals surface area contributed by atoms with Gasteiger partial charge in [-0.3, -0.25) is 9.59 Å². The van der Waals surface area contributed by atoms with Gasteiger partial charge in [0.05, 0.1) is 12.1 Å². The highest BCUT2D eigenvalue weighted by Crippen LogP contribution is 2.24. The molecule has 0 aliphatic heterocycles. The molecular weight excluding hydrogens is 349 g/mol. The van der Waals surface area contributed by atoms with E-state index in [1.165, 1.54) is 22.9 Å². The molecule has 0 saturated carbocycles. The third-order valence-electron chi connectivity index (χ3n) is 3.48. The topological polar surface area (TPSA) is 54.3 Å². The Morgan fingerprint density at radius 1 is 1.17 bits per heavy atom. The third-order valence-corrected chi connectivity index (χ3v) is 4.19. The fourth-order valence-corrected chi connectivity index (χ4v) is 2.66. The third kappa shape index (κ3) is 4.84. The molecule has 7 heteroatoms. The van der Waals surface area contributed by atoms with E-state index in [-0.39, 0.29) is 18.0 Å². The van der Waals surface area contributed by atoms with E-state index in [0.29, 0.717) is 27.7 Å². The van der Waals surface area contributed by atoms with Crippen molar-refractivity contribution in [3.63, 3.8) is 0 Å². The Hall–Kier alpha value is -1.82. The maximum Gasteiger partial charge on any atom is 0.252 e. The van der Waals surface area contributed by atoms with Gasteiger partial charge >= 0.3 is 0 Å². The Bertz CT molecular complexity index is 767. The molecule has 2 rings (SSSR count). The van der Waals surface area contributed by atoms with Crippen LogP contribution in [-0.4, -0.2) is 42.6 Å². The number of halogens is 2. The van der Waals surface area contributed by atoms with E-state index in [1.54, 1.807) is 18.2 Å². The summed E-state index contributed by atoms with van der Waals surface area (Å²) in [6.45, 7) is 1.47. The monoisotopic (exact) mass is 367 g/mol. The summed E-state index contributed by atoms with van der Waals surface area (Å²) in [4.78, 5) is 26.2. The Labute approximate surface area is 150 Å². The predicted octanol–water partition coefficient (Wildman–Crippen LogP) is 2.49. The smallest absolute Gasteiger partial charge is 0.252 e. The summed E-state index contributed by atoms with van der Waals surface area (Å²) in [6.07, 6.45) is 1.52.